The molecule has 0 amide bonds. The summed E-state index contributed by atoms with van der Waals surface area (Å²) >= 11 is 1.09. The number of aromatic nitrogens is 4. The third-order valence-electron chi connectivity index (χ3n) is 2.72. The number of hydrogen-bond donors (Lipinski definition) is 0. The van der Waals surface area contributed by atoms with Crippen LogP contribution in [0.5, 0.6) is 0 Å². The first-order valence-electron chi connectivity index (χ1n) is 6.34. The Labute approximate surface area is 130 Å². The van der Waals surface area contributed by atoms with E-state index in [0.717, 1.165) is 11.8 Å². The predicted molar refractivity (Wildman–Crippen MR) is 77.6 cm³/mol. The van der Waals surface area contributed by atoms with Gasteiger partial charge < -0.3 is 14.0 Å². The summed E-state index contributed by atoms with van der Waals surface area (Å²) in [5.74, 6) is 0.626. The number of rotatable bonds is 8. The molecule has 0 spiro atoms. The standard InChI is InChI=1S/C12H15N5O4S/c1-20-7-6-16-10(8-21-2)14-15-12(16)22-11-9(17(18)19)4-3-5-13-11/h3-5H,6-8H2,1-2H3. The fourth-order valence-electron chi connectivity index (χ4n) is 1.72. The van der Waals surface area contributed by atoms with E-state index in [4.69, 9.17) is 9.47 Å². The summed E-state index contributed by atoms with van der Waals surface area (Å²) in [6.45, 7) is 1.28. The maximum atomic E-state index is 11.0. The highest BCUT2D eigenvalue weighted by atomic mass is 32.2. The minimum absolute atomic E-state index is 0.0675. The molecule has 0 saturated heterocycles. The van der Waals surface area contributed by atoms with Crippen molar-refractivity contribution >= 4 is 17.4 Å². The summed E-state index contributed by atoms with van der Waals surface area (Å²) in [4.78, 5) is 14.6. The highest BCUT2D eigenvalue weighted by Crippen LogP contribution is 2.31. The highest BCUT2D eigenvalue weighted by Gasteiger charge is 2.20. The fraction of sp³-hybridized carbons (Fsp3) is 0.417. The summed E-state index contributed by atoms with van der Waals surface area (Å²) in [6.07, 6.45) is 1.50. The van der Waals surface area contributed by atoms with E-state index in [1.165, 1.54) is 18.3 Å². The van der Waals surface area contributed by atoms with Crippen molar-refractivity contribution in [1.29, 1.82) is 0 Å². The van der Waals surface area contributed by atoms with Gasteiger partial charge in [-0.05, 0) is 17.8 Å². The second-order valence-corrected chi connectivity index (χ2v) is 5.12. The van der Waals surface area contributed by atoms with E-state index in [-0.39, 0.29) is 10.7 Å². The van der Waals surface area contributed by atoms with Crippen LogP contribution in [0.1, 0.15) is 5.82 Å². The van der Waals surface area contributed by atoms with Crippen LogP contribution in [-0.2, 0) is 22.6 Å². The van der Waals surface area contributed by atoms with Gasteiger partial charge >= 0.3 is 5.69 Å². The van der Waals surface area contributed by atoms with E-state index in [0.29, 0.717) is 30.7 Å². The number of hydrogen-bond acceptors (Lipinski definition) is 8. The van der Waals surface area contributed by atoms with Crippen LogP contribution in [0.2, 0.25) is 0 Å². The lowest BCUT2D eigenvalue weighted by molar-refractivity contribution is -0.388. The lowest BCUT2D eigenvalue weighted by Crippen LogP contribution is -2.10. The van der Waals surface area contributed by atoms with Gasteiger partial charge in [0.2, 0.25) is 0 Å². The molecular formula is C12H15N5O4S. The Morgan fingerprint density at radius 1 is 1.36 bits per heavy atom. The number of nitrogens with zero attached hydrogens (tertiary/aromatic N) is 5. The Balaban J connectivity index is 2.31. The van der Waals surface area contributed by atoms with Gasteiger partial charge in [-0.15, -0.1) is 10.2 Å². The molecule has 0 aromatic carbocycles. The first-order valence-corrected chi connectivity index (χ1v) is 7.16. The van der Waals surface area contributed by atoms with Gasteiger partial charge in [0.15, 0.2) is 16.0 Å². The summed E-state index contributed by atoms with van der Waals surface area (Å²) in [6, 6.07) is 2.93. The highest BCUT2D eigenvalue weighted by molar-refractivity contribution is 7.99. The topological polar surface area (TPSA) is 105 Å². The minimum Gasteiger partial charge on any atom is -0.383 e. The first-order chi connectivity index (χ1) is 10.7. The Morgan fingerprint density at radius 2 is 2.18 bits per heavy atom. The molecular weight excluding hydrogens is 310 g/mol. The molecule has 0 aliphatic heterocycles. The zero-order chi connectivity index (χ0) is 15.9. The molecule has 2 aromatic rings. The van der Waals surface area contributed by atoms with Crippen LogP contribution in [0.25, 0.3) is 0 Å². The van der Waals surface area contributed by atoms with Crippen molar-refractivity contribution in [3.63, 3.8) is 0 Å². The molecule has 0 N–H and O–H groups in total. The van der Waals surface area contributed by atoms with E-state index in [1.54, 1.807) is 18.8 Å². The number of pyridine rings is 1. The van der Waals surface area contributed by atoms with Crippen LogP contribution < -0.4 is 0 Å². The molecule has 22 heavy (non-hydrogen) atoms. The molecule has 0 aliphatic rings. The summed E-state index contributed by atoms with van der Waals surface area (Å²) in [5.41, 5.74) is -0.0675. The van der Waals surface area contributed by atoms with Crippen LogP contribution in [0, 0.1) is 10.1 Å². The van der Waals surface area contributed by atoms with Gasteiger partial charge in [-0.3, -0.25) is 10.1 Å². The van der Waals surface area contributed by atoms with E-state index in [9.17, 15) is 10.1 Å². The van der Waals surface area contributed by atoms with Crippen LogP contribution in [0.4, 0.5) is 5.69 Å². The van der Waals surface area contributed by atoms with E-state index >= 15 is 0 Å². The molecule has 0 fully saturated rings. The van der Waals surface area contributed by atoms with Crippen molar-refractivity contribution in [2.24, 2.45) is 0 Å². The van der Waals surface area contributed by atoms with Gasteiger partial charge in [-0.2, -0.15) is 0 Å². The molecule has 2 rings (SSSR count). The van der Waals surface area contributed by atoms with Crippen molar-refractivity contribution in [1.82, 2.24) is 19.7 Å². The van der Waals surface area contributed by atoms with Gasteiger partial charge in [0.25, 0.3) is 0 Å². The van der Waals surface area contributed by atoms with E-state index in [2.05, 4.69) is 15.2 Å². The predicted octanol–water partition coefficient (Wildman–Crippen LogP) is 1.53. The second kappa shape index (κ2) is 7.82. The maximum Gasteiger partial charge on any atom is 0.301 e. The van der Waals surface area contributed by atoms with Gasteiger partial charge in [0.1, 0.15) is 6.61 Å². The normalized spacial score (nSPS) is 10.8. The van der Waals surface area contributed by atoms with Crippen LogP contribution >= 0.6 is 11.8 Å². The monoisotopic (exact) mass is 325 g/mol. The molecule has 9 nitrogen and oxygen atoms in total. The Kier molecular flexibility index (Phi) is 5.81. The molecule has 2 heterocycles. The molecule has 0 bridgehead atoms. The van der Waals surface area contributed by atoms with Crippen LogP contribution in [-0.4, -0.2) is 45.5 Å². The van der Waals surface area contributed by atoms with Crippen LogP contribution in [0.15, 0.2) is 28.5 Å². The molecule has 2 aromatic heterocycles. The molecule has 0 atom stereocenters. The quantitative estimate of drug-likeness (QED) is 0.531. The van der Waals surface area contributed by atoms with E-state index in [1.807, 2.05) is 0 Å². The average molecular weight is 325 g/mol. The van der Waals surface area contributed by atoms with Crippen molar-refractivity contribution in [2.75, 3.05) is 20.8 Å². The lowest BCUT2D eigenvalue weighted by atomic mass is 10.4. The largest absolute Gasteiger partial charge is 0.383 e. The smallest absolute Gasteiger partial charge is 0.301 e. The average Bonchev–Trinajstić information content (AvgIpc) is 2.88. The third-order valence-corrected chi connectivity index (χ3v) is 3.71. The minimum atomic E-state index is -0.471. The third kappa shape index (κ3) is 3.78. The first kappa shape index (κ1) is 16.3. The molecule has 118 valence electrons. The fourth-order valence-corrected chi connectivity index (χ4v) is 2.65. The van der Waals surface area contributed by atoms with Gasteiger partial charge in [-0.1, -0.05) is 0 Å². The van der Waals surface area contributed by atoms with Crippen molar-refractivity contribution in [3.05, 3.63) is 34.3 Å². The van der Waals surface area contributed by atoms with Crippen molar-refractivity contribution in [3.8, 4) is 0 Å². The summed E-state index contributed by atoms with van der Waals surface area (Å²) in [5, 5.41) is 19.9. The Hall–Kier alpha value is -2.04. The number of methoxy groups -OCH3 is 2. The van der Waals surface area contributed by atoms with Gasteiger partial charge in [0.05, 0.1) is 11.5 Å². The SMILES string of the molecule is COCCn1c(COC)nnc1Sc1ncccc1[N+](=O)[O-]. The lowest BCUT2D eigenvalue weighted by Gasteiger charge is -2.08. The Morgan fingerprint density at radius 3 is 2.86 bits per heavy atom. The van der Waals surface area contributed by atoms with Crippen molar-refractivity contribution in [2.45, 2.75) is 23.3 Å². The molecule has 0 unspecified atom stereocenters. The second-order valence-electron chi connectivity index (χ2n) is 4.16. The zero-order valence-electron chi connectivity index (χ0n) is 12.1. The van der Waals surface area contributed by atoms with Gasteiger partial charge in [0, 0.05) is 33.0 Å². The number of ether oxygens (including phenoxy) is 2. The van der Waals surface area contributed by atoms with Gasteiger partial charge in [-0.25, -0.2) is 4.98 Å². The zero-order valence-corrected chi connectivity index (χ0v) is 12.9. The maximum absolute atomic E-state index is 11.0. The molecule has 0 radical (unpaired) electrons. The van der Waals surface area contributed by atoms with Crippen molar-refractivity contribution < 1.29 is 14.4 Å². The molecule has 0 saturated carbocycles. The summed E-state index contributed by atoms with van der Waals surface area (Å²) in [7, 11) is 3.16. The van der Waals surface area contributed by atoms with E-state index < -0.39 is 4.92 Å². The number of nitro groups is 1. The molecule has 0 aliphatic carbocycles. The summed E-state index contributed by atoms with van der Waals surface area (Å²) < 4.78 is 11.9. The van der Waals surface area contributed by atoms with Crippen LogP contribution in [0.3, 0.4) is 0 Å². The Bertz CT molecular complexity index is 648. The molecule has 10 heteroatoms.